The van der Waals surface area contributed by atoms with Crippen molar-refractivity contribution in [1.82, 2.24) is 0 Å². The zero-order valence-corrected chi connectivity index (χ0v) is 17.0. The monoisotopic (exact) mass is 322 g/mol. The summed E-state index contributed by atoms with van der Waals surface area (Å²) in [4.78, 5) is 0. The number of fused-ring (bicyclic) bond motifs is 2. The van der Waals surface area contributed by atoms with Crippen LogP contribution in [0.5, 0.6) is 0 Å². The van der Waals surface area contributed by atoms with E-state index in [9.17, 15) is 0 Å². The summed E-state index contributed by atoms with van der Waals surface area (Å²) in [5.41, 5.74) is 5.59. The van der Waals surface area contributed by atoms with E-state index in [0.29, 0.717) is 5.92 Å². The Balaban J connectivity index is 0.000000671. The maximum atomic E-state index is 2.37. The van der Waals surface area contributed by atoms with Crippen molar-refractivity contribution in [2.75, 3.05) is 0 Å². The lowest BCUT2D eigenvalue weighted by molar-refractivity contribution is 0.859. The first-order valence-corrected chi connectivity index (χ1v) is 9.41. The maximum Gasteiger partial charge on any atom is -0.0175 e. The van der Waals surface area contributed by atoms with Gasteiger partial charge in [0.25, 0.3) is 0 Å². The van der Waals surface area contributed by atoms with Gasteiger partial charge in [-0.15, -0.1) is 0 Å². The second kappa shape index (κ2) is 8.87. The van der Waals surface area contributed by atoms with Crippen LogP contribution in [0.3, 0.4) is 0 Å². The van der Waals surface area contributed by atoms with Gasteiger partial charge >= 0.3 is 0 Å². The Morgan fingerprint density at radius 3 is 1.21 bits per heavy atom. The fourth-order valence-corrected chi connectivity index (χ4v) is 3.08. The molecule has 0 amide bonds. The van der Waals surface area contributed by atoms with E-state index < -0.39 is 0 Å². The van der Waals surface area contributed by atoms with Gasteiger partial charge in [0.15, 0.2) is 0 Å². The molecular weight excluding hydrogens is 288 g/mol. The van der Waals surface area contributed by atoms with Gasteiger partial charge in [0.05, 0.1) is 0 Å². The normalized spacial score (nSPS) is 10.2. The minimum absolute atomic E-state index is 0.579. The van der Waals surface area contributed by atoms with Crippen molar-refractivity contribution in [1.29, 1.82) is 0 Å². The molecule has 0 radical (unpaired) electrons. The smallest absolute Gasteiger partial charge is 0.0175 e. The summed E-state index contributed by atoms with van der Waals surface area (Å²) in [5, 5.41) is 5.40. The Labute approximate surface area is 148 Å². The second-order valence-electron chi connectivity index (χ2n) is 6.35. The molecule has 0 heterocycles. The minimum atomic E-state index is 0.579. The molecule has 0 saturated heterocycles. The van der Waals surface area contributed by atoms with E-state index in [0.717, 1.165) is 0 Å². The molecular formula is C24H34. The average Bonchev–Trinajstić information content (AvgIpc) is 2.57. The molecule has 0 aliphatic rings. The molecule has 0 spiro atoms. The van der Waals surface area contributed by atoms with Crippen molar-refractivity contribution >= 4 is 21.5 Å². The number of hydrogen-bond donors (Lipinski definition) is 0. The number of hydrogen-bond acceptors (Lipinski definition) is 0. The highest BCUT2D eigenvalue weighted by Crippen LogP contribution is 2.30. The predicted molar refractivity (Wildman–Crippen MR) is 112 cm³/mol. The van der Waals surface area contributed by atoms with Crippen LogP contribution in [0.4, 0.5) is 0 Å². The first kappa shape index (κ1) is 20.2. The highest BCUT2D eigenvalue weighted by atomic mass is 14.1. The molecule has 0 bridgehead atoms. The predicted octanol–water partition coefficient (Wildman–Crippen LogP) is 8.09. The summed E-state index contributed by atoms with van der Waals surface area (Å²) in [6.07, 6.45) is 0. The zero-order chi connectivity index (χ0) is 18.4. The van der Waals surface area contributed by atoms with Crippen LogP contribution < -0.4 is 0 Å². The summed E-state index contributed by atoms with van der Waals surface area (Å²) in [6, 6.07) is 14.0. The summed E-state index contributed by atoms with van der Waals surface area (Å²) < 4.78 is 0. The molecule has 0 fully saturated rings. The van der Waals surface area contributed by atoms with Crippen molar-refractivity contribution in [3.8, 4) is 0 Å². The SMILES string of the molecule is CC.CC.Cc1cc2cc3cc(C)c(C(C)C)cc3cc2cc1C. The van der Waals surface area contributed by atoms with Crippen molar-refractivity contribution in [2.45, 2.75) is 68.2 Å². The Kier molecular flexibility index (Phi) is 7.48. The summed E-state index contributed by atoms with van der Waals surface area (Å²) in [6.45, 7) is 19.1. The number of aryl methyl sites for hydroxylation is 3. The first-order valence-electron chi connectivity index (χ1n) is 9.41. The lowest BCUT2D eigenvalue weighted by atomic mass is 9.92. The Bertz CT molecular complexity index is 807. The third-order valence-electron chi connectivity index (χ3n) is 4.42. The van der Waals surface area contributed by atoms with E-state index >= 15 is 0 Å². The van der Waals surface area contributed by atoms with Gasteiger partial charge in [-0.1, -0.05) is 65.8 Å². The summed E-state index contributed by atoms with van der Waals surface area (Å²) >= 11 is 0. The van der Waals surface area contributed by atoms with E-state index in [1.807, 2.05) is 27.7 Å². The van der Waals surface area contributed by atoms with E-state index in [-0.39, 0.29) is 0 Å². The van der Waals surface area contributed by atoms with Gasteiger partial charge in [-0.3, -0.25) is 0 Å². The summed E-state index contributed by atoms with van der Waals surface area (Å²) in [5.74, 6) is 0.579. The molecule has 130 valence electrons. The van der Waals surface area contributed by atoms with E-state index in [4.69, 9.17) is 0 Å². The fraction of sp³-hybridized carbons (Fsp3) is 0.417. The number of benzene rings is 3. The molecule has 0 heteroatoms. The van der Waals surface area contributed by atoms with Crippen LogP contribution in [0.15, 0.2) is 36.4 Å². The molecule has 3 rings (SSSR count). The molecule has 24 heavy (non-hydrogen) atoms. The Hall–Kier alpha value is -1.82. The van der Waals surface area contributed by atoms with Crippen LogP contribution >= 0.6 is 0 Å². The van der Waals surface area contributed by atoms with E-state index in [1.54, 1.807) is 0 Å². The lowest BCUT2D eigenvalue weighted by Gasteiger charge is -2.13. The molecule has 0 aliphatic heterocycles. The quantitative estimate of drug-likeness (QED) is 0.397. The van der Waals surface area contributed by atoms with Crippen LogP contribution in [0.2, 0.25) is 0 Å². The van der Waals surface area contributed by atoms with Crippen LogP contribution in [0.1, 0.15) is 69.7 Å². The molecule has 0 N–H and O–H groups in total. The lowest BCUT2D eigenvalue weighted by Crippen LogP contribution is -1.92. The van der Waals surface area contributed by atoms with Gasteiger partial charge < -0.3 is 0 Å². The number of rotatable bonds is 1. The third-order valence-corrected chi connectivity index (χ3v) is 4.42. The van der Waals surface area contributed by atoms with Crippen LogP contribution in [-0.4, -0.2) is 0 Å². The molecule has 0 nitrogen and oxygen atoms in total. The minimum Gasteiger partial charge on any atom is -0.0683 e. The molecule has 0 aromatic heterocycles. The average molecular weight is 323 g/mol. The first-order chi connectivity index (χ1) is 11.5. The topological polar surface area (TPSA) is 0 Å². The highest BCUT2D eigenvalue weighted by molar-refractivity contribution is 5.99. The van der Waals surface area contributed by atoms with Gasteiger partial charge in [-0.05, 0) is 82.6 Å². The molecule has 0 atom stereocenters. The molecule has 0 unspecified atom stereocenters. The zero-order valence-electron chi connectivity index (χ0n) is 17.0. The summed E-state index contributed by atoms with van der Waals surface area (Å²) in [7, 11) is 0. The fourth-order valence-electron chi connectivity index (χ4n) is 3.08. The van der Waals surface area contributed by atoms with Crippen LogP contribution in [0, 0.1) is 20.8 Å². The second-order valence-corrected chi connectivity index (χ2v) is 6.35. The van der Waals surface area contributed by atoms with Crippen molar-refractivity contribution in [2.24, 2.45) is 0 Å². The molecule has 0 aliphatic carbocycles. The molecule has 3 aromatic rings. The standard InChI is InChI=1S/C20H22.2C2H6/c1-12(2)20-11-19-10-17-7-14(4)13(3)6-16(17)9-18(19)8-15(20)5;2*1-2/h6-12H,1-5H3;2*1-2H3. The van der Waals surface area contributed by atoms with Gasteiger partial charge in [-0.2, -0.15) is 0 Å². The molecule has 0 saturated carbocycles. The van der Waals surface area contributed by atoms with E-state index in [1.165, 1.54) is 43.8 Å². The van der Waals surface area contributed by atoms with Gasteiger partial charge in [-0.25, -0.2) is 0 Å². The Morgan fingerprint density at radius 1 is 0.500 bits per heavy atom. The van der Waals surface area contributed by atoms with E-state index in [2.05, 4.69) is 71.0 Å². The van der Waals surface area contributed by atoms with Crippen molar-refractivity contribution < 1.29 is 0 Å². The Morgan fingerprint density at radius 2 is 0.833 bits per heavy atom. The largest absolute Gasteiger partial charge is 0.0683 e. The van der Waals surface area contributed by atoms with Crippen LogP contribution in [0.25, 0.3) is 21.5 Å². The van der Waals surface area contributed by atoms with Gasteiger partial charge in [0, 0.05) is 0 Å². The van der Waals surface area contributed by atoms with Gasteiger partial charge in [0.2, 0.25) is 0 Å². The third kappa shape index (κ3) is 4.17. The highest BCUT2D eigenvalue weighted by Gasteiger charge is 2.07. The van der Waals surface area contributed by atoms with Crippen molar-refractivity contribution in [3.05, 3.63) is 58.7 Å². The van der Waals surface area contributed by atoms with Gasteiger partial charge in [0.1, 0.15) is 0 Å². The maximum absolute atomic E-state index is 2.37. The molecule has 3 aromatic carbocycles. The van der Waals surface area contributed by atoms with Crippen LogP contribution in [-0.2, 0) is 0 Å². The van der Waals surface area contributed by atoms with Crippen molar-refractivity contribution in [3.63, 3.8) is 0 Å².